The predicted molar refractivity (Wildman–Crippen MR) is 122 cm³/mol. The minimum atomic E-state index is -1.23. The molecule has 0 aliphatic carbocycles. The van der Waals surface area contributed by atoms with Gasteiger partial charge in [-0.25, -0.2) is 4.98 Å². The average molecular weight is 462 g/mol. The molecule has 1 aromatic carbocycles. The minimum Gasteiger partial charge on any atom is -0.547 e. The predicted octanol–water partition coefficient (Wildman–Crippen LogP) is -1.57. The number of aromatic nitrogens is 4. The van der Waals surface area contributed by atoms with E-state index in [4.69, 9.17) is 14.5 Å². The van der Waals surface area contributed by atoms with Crippen molar-refractivity contribution in [1.82, 2.24) is 19.3 Å². The van der Waals surface area contributed by atoms with Crippen LogP contribution >= 0.6 is 0 Å². The van der Waals surface area contributed by atoms with E-state index in [9.17, 15) is 14.7 Å². The molecule has 0 saturated heterocycles. The summed E-state index contributed by atoms with van der Waals surface area (Å²) >= 11 is 0. The monoisotopic (exact) mass is 462 g/mol. The second kappa shape index (κ2) is 12.7. The first-order chi connectivity index (χ1) is 15.9. The Morgan fingerprint density at radius 2 is 1.88 bits per heavy atom. The summed E-state index contributed by atoms with van der Waals surface area (Å²) in [4.78, 5) is 29.1. The van der Waals surface area contributed by atoms with E-state index in [1.54, 1.807) is 47.5 Å². The number of nitrogens with zero attached hydrogens (tertiary/aromatic N) is 4. The Morgan fingerprint density at radius 1 is 1.18 bits per heavy atom. The summed E-state index contributed by atoms with van der Waals surface area (Å²) in [6.07, 6.45) is 1.59. The fourth-order valence-electron chi connectivity index (χ4n) is 3.87. The van der Waals surface area contributed by atoms with Crippen LogP contribution in [0.1, 0.15) is 44.3 Å². The van der Waals surface area contributed by atoms with E-state index in [1.165, 1.54) is 0 Å². The third-order valence-corrected chi connectivity index (χ3v) is 5.45. The normalized spacial score (nSPS) is 11.9. The van der Waals surface area contributed by atoms with E-state index in [-0.39, 0.29) is 30.8 Å². The molecule has 0 fully saturated rings. The van der Waals surface area contributed by atoms with E-state index in [0.29, 0.717) is 48.8 Å². The standard InChI is InChI=1S/C24H32N4O5.Li/c1-5-8-18-21-22(27(4)26-18)23(29)28(20(6-2)25-21)13-14-33-17-11-9-16(10-12-17)15-19(24(30)31)32-7-3;/h9-12,19H,5-8,13-15H2,1-4H3,(H,30,31);/q;+1/p-1. The van der Waals surface area contributed by atoms with E-state index < -0.39 is 12.1 Å². The maximum Gasteiger partial charge on any atom is 1.00 e. The molecule has 0 aliphatic rings. The molecule has 3 rings (SSSR count). The average Bonchev–Trinajstić information content (AvgIpc) is 3.11. The van der Waals surface area contributed by atoms with Crippen molar-refractivity contribution in [2.24, 2.45) is 7.05 Å². The molecule has 0 radical (unpaired) electrons. The van der Waals surface area contributed by atoms with Crippen molar-refractivity contribution in [3.63, 3.8) is 0 Å². The number of carboxylic acids is 1. The maximum absolute atomic E-state index is 13.2. The fourth-order valence-corrected chi connectivity index (χ4v) is 3.87. The molecule has 0 aliphatic heterocycles. The first-order valence-electron chi connectivity index (χ1n) is 11.4. The van der Waals surface area contributed by atoms with Crippen molar-refractivity contribution >= 4 is 17.0 Å². The third kappa shape index (κ3) is 6.29. The zero-order chi connectivity index (χ0) is 24.0. The Labute approximate surface area is 211 Å². The molecule has 178 valence electrons. The van der Waals surface area contributed by atoms with Crippen molar-refractivity contribution in [3.8, 4) is 5.75 Å². The van der Waals surface area contributed by atoms with Gasteiger partial charge in [-0.1, -0.05) is 32.4 Å². The van der Waals surface area contributed by atoms with Gasteiger partial charge in [0.15, 0.2) is 5.52 Å². The quantitative estimate of drug-likeness (QED) is 0.299. The fraction of sp³-hybridized carbons (Fsp3) is 0.500. The van der Waals surface area contributed by atoms with Crippen LogP contribution in [-0.4, -0.2) is 44.6 Å². The first-order valence-corrected chi connectivity index (χ1v) is 11.4. The summed E-state index contributed by atoms with van der Waals surface area (Å²) < 4.78 is 14.3. The Balaban J connectivity index is 0.00000408. The van der Waals surface area contributed by atoms with Crippen molar-refractivity contribution < 1.29 is 38.2 Å². The molecule has 0 N–H and O–H groups in total. The number of carboxylic acid groups (broad SMARTS) is 1. The van der Waals surface area contributed by atoms with Crippen LogP contribution in [0.2, 0.25) is 0 Å². The van der Waals surface area contributed by atoms with E-state index in [2.05, 4.69) is 12.0 Å². The number of rotatable bonds is 12. The molecule has 1 unspecified atom stereocenters. The van der Waals surface area contributed by atoms with Crippen molar-refractivity contribution in [2.45, 2.75) is 59.1 Å². The molecule has 2 aromatic heterocycles. The van der Waals surface area contributed by atoms with Gasteiger partial charge in [-0.2, -0.15) is 5.10 Å². The van der Waals surface area contributed by atoms with E-state index >= 15 is 0 Å². The van der Waals surface area contributed by atoms with Gasteiger partial charge >= 0.3 is 18.9 Å². The van der Waals surface area contributed by atoms with Gasteiger partial charge in [-0.15, -0.1) is 0 Å². The van der Waals surface area contributed by atoms with E-state index in [0.717, 1.165) is 24.1 Å². The molecule has 3 aromatic rings. The van der Waals surface area contributed by atoms with Crippen LogP contribution in [0.3, 0.4) is 0 Å². The molecule has 9 nitrogen and oxygen atoms in total. The summed E-state index contributed by atoms with van der Waals surface area (Å²) in [7, 11) is 1.77. The number of carbonyl (C=O) groups is 1. The van der Waals surface area contributed by atoms with Crippen LogP contribution in [0.4, 0.5) is 0 Å². The van der Waals surface area contributed by atoms with Crippen LogP contribution in [0.5, 0.6) is 5.75 Å². The summed E-state index contributed by atoms with van der Waals surface area (Å²) in [6, 6.07) is 7.15. The van der Waals surface area contributed by atoms with Crippen LogP contribution in [0.25, 0.3) is 11.0 Å². The molecule has 0 bridgehead atoms. The Hall–Kier alpha value is -2.60. The van der Waals surface area contributed by atoms with Gasteiger partial charge in [-0.3, -0.25) is 14.0 Å². The Kier molecular flexibility index (Phi) is 10.4. The Bertz CT molecular complexity index is 1160. The summed E-state index contributed by atoms with van der Waals surface area (Å²) in [5.74, 6) is 0.113. The van der Waals surface area contributed by atoms with Gasteiger partial charge in [0.25, 0.3) is 5.56 Å². The molecule has 0 amide bonds. The second-order valence-corrected chi connectivity index (χ2v) is 7.82. The number of hydrogen-bond acceptors (Lipinski definition) is 7. The summed E-state index contributed by atoms with van der Waals surface area (Å²) in [5.41, 5.74) is 2.75. The van der Waals surface area contributed by atoms with Gasteiger partial charge < -0.3 is 19.4 Å². The number of ether oxygens (including phenoxy) is 2. The molecule has 2 heterocycles. The van der Waals surface area contributed by atoms with Crippen LogP contribution < -0.4 is 34.3 Å². The minimum absolute atomic E-state index is 0. The number of carbonyl (C=O) groups excluding carboxylic acids is 1. The van der Waals surface area contributed by atoms with Crippen molar-refractivity contribution in [2.75, 3.05) is 13.2 Å². The summed E-state index contributed by atoms with van der Waals surface area (Å²) in [5, 5.41) is 15.6. The molecule has 0 spiro atoms. The van der Waals surface area contributed by atoms with Crippen LogP contribution in [-0.2, 0) is 42.4 Å². The largest absolute Gasteiger partial charge is 1.00 e. The van der Waals surface area contributed by atoms with Gasteiger partial charge in [-0.05, 0) is 31.0 Å². The molecule has 10 heteroatoms. The molecular formula is C24H31LiN4O5. The summed E-state index contributed by atoms with van der Waals surface area (Å²) in [6.45, 7) is 6.75. The number of aliphatic carboxylic acids is 1. The zero-order valence-electron chi connectivity index (χ0n) is 20.7. The molecular weight excluding hydrogens is 431 g/mol. The first kappa shape index (κ1) is 27.6. The van der Waals surface area contributed by atoms with Gasteiger partial charge in [0.05, 0.1) is 18.2 Å². The van der Waals surface area contributed by atoms with Gasteiger partial charge in [0, 0.05) is 26.5 Å². The third-order valence-electron chi connectivity index (χ3n) is 5.45. The number of hydrogen-bond donors (Lipinski definition) is 0. The Morgan fingerprint density at radius 3 is 2.47 bits per heavy atom. The zero-order valence-corrected chi connectivity index (χ0v) is 20.7. The van der Waals surface area contributed by atoms with Crippen molar-refractivity contribution in [3.05, 3.63) is 51.7 Å². The maximum atomic E-state index is 13.2. The van der Waals surface area contributed by atoms with Crippen LogP contribution in [0, 0.1) is 0 Å². The van der Waals surface area contributed by atoms with Crippen molar-refractivity contribution in [1.29, 1.82) is 0 Å². The van der Waals surface area contributed by atoms with Crippen LogP contribution in [0.15, 0.2) is 29.1 Å². The molecule has 1 atom stereocenters. The SMILES string of the molecule is CCCc1nn(C)c2c(=O)n(CCOc3ccc(CC(OCC)C(=O)[O-])cc3)c(CC)nc12.[Li+]. The number of fused-ring (bicyclic) bond motifs is 1. The smallest absolute Gasteiger partial charge is 0.547 e. The molecule has 0 saturated carbocycles. The second-order valence-electron chi connectivity index (χ2n) is 7.82. The number of aryl methyl sites for hydroxylation is 3. The van der Waals surface area contributed by atoms with E-state index in [1.807, 2.05) is 6.92 Å². The molecule has 34 heavy (non-hydrogen) atoms. The van der Waals surface area contributed by atoms with Gasteiger partial charge in [0.1, 0.15) is 29.8 Å². The number of benzene rings is 1. The topological polar surface area (TPSA) is 111 Å². The van der Waals surface area contributed by atoms with Gasteiger partial charge in [0.2, 0.25) is 0 Å².